The van der Waals surface area contributed by atoms with Crippen LogP contribution in [0.4, 0.5) is 15.8 Å². The number of hydrogen-bond acceptors (Lipinski definition) is 4. The number of nitrogens with one attached hydrogen (secondary N) is 2. The quantitative estimate of drug-likeness (QED) is 0.603. The van der Waals surface area contributed by atoms with Crippen LogP contribution in [0.2, 0.25) is 0 Å². The molecule has 1 atom stereocenters. The second-order valence-corrected chi connectivity index (χ2v) is 5.71. The van der Waals surface area contributed by atoms with E-state index >= 15 is 0 Å². The molecule has 0 aliphatic rings. The molecule has 7 heteroatoms. The van der Waals surface area contributed by atoms with Crippen LogP contribution in [0, 0.1) is 5.82 Å². The maximum atomic E-state index is 12.8. The minimum absolute atomic E-state index is 0.194. The highest BCUT2D eigenvalue weighted by Gasteiger charge is 2.16. The van der Waals surface area contributed by atoms with E-state index in [1.807, 2.05) is 0 Å². The predicted molar refractivity (Wildman–Crippen MR) is 100 cm³/mol. The third-order valence-corrected chi connectivity index (χ3v) is 3.42. The summed E-state index contributed by atoms with van der Waals surface area (Å²) in [5, 5.41) is 5.23. The Morgan fingerprint density at radius 1 is 0.963 bits per heavy atom. The van der Waals surface area contributed by atoms with Crippen LogP contribution in [0.15, 0.2) is 54.6 Å². The molecule has 0 saturated carbocycles. The van der Waals surface area contributed by atoms with E-state index in [0.29, 0.717) is 16.9 Å². The van der Waals surface area contributed by atoms with Gasteiger partial charge in [0.15, 0.2) is 6.10 Å². The zero-order chi connectivity index (χ0) is 19.8. The van der Waals surface area contributed by atoms with Gasteiger partial charge in [-0.1, -0.05) is 12.1 Å². The first-order valence-corrected chi connectivity index (χ1v) is 8.16. The topological polar surface area (TPSA) is 84.5 Å². The number of anilines is 2. The average Bonchev–Trinajstić information content (AvgIpc) is 2.62. The van der Waals surface area contributed by atoms with Gasteiger partial charge in [-0.25, -0.2) is 9.18 Å². The van der Waals surface area contributed by atoms with Crippen LogP contribution in [0.25, 0.3) is 6.08 Å². The van der Waals surface area contributed by atoms with E-state index < -0.39 is 18.0 Å². The minimum atomic E-state index is -1.01. The van der Waals surface area contributed by atoms with Gasteiger partial charge in [0.1, 0.15) is 5.82 Å². The Hall–Kier alpha value is -3.48. The first-order valence-electron chi connectivity index (χ1n) is 8.16. The highest BCUT2D eigenvalue weighted by Crippen LogP contribution is 2.14. The molecule has 2 N–H and O–H groups in total. The molecule has 0 unspecified atom stereocenters. The number of rotatable bonds is 6. The van der Waals surface area contributed by atoms with Gasteiger partial charge in [0.05, 0.1) is 0 Å². The lowest BCUT2D eigenvalue weighted by Gasteiger charge is -2.12. The standard InChI is InChI=1S/C20H19FN2O4/c1-13(27-19(25)12-5-15-3-6-16(21)7-4-15)20(26)23-18-10-8-17(9-11-18)22-14(2)24/h3-13H,1-2H3,(H,22,24)(H,23,26)/b12-5+/t13-/m0/s1. The summed E-state index contributed by atoms with van der Waals surface area (Å²) in [6.07, 6.45) is 1.62. The third kappa shape index (κ3) is 6.74. The van der Waals surface area contributed by atoms with E-state index in [0.717, 1.165) is 0 Å². The molecule has 0 aromatic heterocycles. The zero-order valence-electron chi connectivity index (χ0n) is 14.9. The highest BCUT2D eigenvalue weighted by molar-refractivity contribution is 5.97. The van der Waals surface area contributed by atoms with E-state index in [9.17, 15) is 18.8 Å². The number of halogens is 1. The van der Waals surface area contributed by atoms with Crippen molar-refractivity contribution in [3.63, 3.8) is 0 Å². The van der Waals surface area contributed by atoms with Crippen LogP contribution in [-0.2, 0) is 19.1 Å². The third-order valence-electron chi connectivity index (χ3n) is 3.42. The summed E-state index contributed by atoms with van der Waals surface area (Å²) in [7, 11) is 0. The first kappa shape index (κ1) is 19.8. The van der Waals surface area contributed by atoms with Crippen molar-refractivity contribution in [3.05, 3.63) is 66.0 Å². The van der Waals surface area contributed by atoms with Crippen LogP contribution in [0.3, 0.4) is 0 Å². The molecule has 0 bridgehead atoms. The lowest BCUT2D eigenvalue weighted by molar-refractivity contribution is -0.148. The van der Waals surface area contributed by atoms with Gasteiger partial charge in [-0.2, -0.15) is 0 Å². The minimum Gasteiger partial charge on any atom is -0.449 e. The van der Waals surface area contributed by atoms with Gasteiger partial charge in [-0.05, 0) is 55.0 Å². The zero-order valence-corrected chi connectivity index (χ0v) is 14.9. The number of hydrogen-bond donors (Lipinski definition) is 2. The molecule has 2 rings (SSSR count). The fourth-order valence-electron chi connectivity index (χ4n) is 2.09. The van der Waals surface area contributed by atoms with Gasteiger partial charge in [-0.15, -0.1) is 0 Å². The summed E-state index contributed by atoms with van der Waals surface area (Å²) in [5.74, 6) is -1.75. The number of esters is 1. The summed E-state index contributed by atoms with van der Waals surface area (Å²) in [5.41, 5.74) is 1.73. The van der Waals surface area contributed by atoms with Gasteiger partial charge in [0.25, 0.3) is 5.91 Å². The Kier molecular flexibility index (Phi) is 6.82. The van der Waals surface area contributed by atoms with Gasteiger partial charge < -0.3 is 15.4 Å². The van der Waals surface area contributed by atoms with Crippen LogP contribution in [-0.4, -0.2) is 23.9 Å². The fourth-order valence-corrected chi connectivity index (χ4v) is 2.09. The number of amides is 2. The van der Waals surface area contributed by atoms with Crippen LogP contribution in [0.5, 0.6) is 0 Å². The Morgan fingerprint density at radius 3 is 2.07 bits per heavy atom. The SMILES string of the molecule is CC(=O)Nc1ccc(NC(=O)[C@H](C)OC(=O)/C=C/c2ccc(F)cc2)cc1. The summed E-state index contributed by atoms with van der Waals surface area (Å²) in [4.78, 5) is 34.9. The van der Waals surface area contributed by atoms with E-state index in [1.54, 1.807) is 24.3 Å². The fraction of sp³-hybridized carbons (Fsp3) is 0.150. The maximum Gasteiger partial charge on any atom is 0.331 e. The molecule has 27 heavy (non-hydrogen) atoms. The molecule has 0 spiro atoms. The van der Waals surface area contributed by atoms with E-state index in [4.69, 9.17) is 4.74 Å². The van der Waals surface area contributed by atoms with E-state index in [1.165, 1.54) is 50.3 Å². The van der Waals surface area contributed by atoms with Crippen LogP contribution >= 0.6 is 0 Å². The van der Waals surface area contributed by atoms with Crippen molar-refractivity contribution in [1.82, 2.24) is 0 Å². The van der Waals surface area contributed by atoms with Crippen molar-refractivity contribution in [2.75, 3.05) is 10.6 Å². The van der Waals surface area contributed by atoms with Gasteiger partial charge >= 0.3 is 5.97 Å². The van der Waals surface area contributed by atoms with Crippen molar-refractivity contribution in [2.24, 2.45) is 0 Å². The smallest absolute Gasteiger partial charge is 0.331 e. The maximum absolute atomic E-state index is 12.8. The summed E-state index contributed by atoms with van der Waals surface area (Å²) < 4.78 is 17.9. The van der Waals surface area contributed by atoms with Gasteiger partial charge in [-0.3, -0.25) is 9.59 Å². The molecule has 0 aliphatic heterocycles. The lowest BCUT2D eigenvalue weighted by atomic mass is 10.2. The molecule has 140 valence electrons. The second kappa shape index (κ2) is 9.28. The number of carbonyl (C=O) groups is 3. The Balaban J connectivity index is 1.86. The van der Waals surface area contributed by atoms with Crippen molar-refractivity contribution in [3.8, 4) is 0 Å². The molecule has 0 radical (unpaired) electrons. The normalized spacial score (nSPS) is 11.7. The lowest BCUT2D eigenvalue weighted by Crippen LogP contribution is -2.29. The molecule has 6 nitrogen and oxygen atoms in total. The Morgan fingerprint density at radius 2 is 1.52 bits per heavy atom. The predicted octanol–water partition coefficient (Wildman–Crippen LogP) is 3.37. The number of carbonyl (C=O) groups excluding carboxylic acids is 3. The Bertz CT molecular complexity index is 845. The molecule has 2 amide bonds. The molecule has 0 heterocycles. The summed E-state index contributed by atoms with van der Waals surface area (Å²) >= 11 is 0. The summed E-state index contributed by atoms with van der Waals surface area (Å²) in [6.45, 7) is 2.85. The number of ether oxygens (including phenoxy) is 1. The van der Waals surface area contributed by atoms with Crippen molar-refractivity contribution in [2.45, 2.75) is 20.0 Å². The highest BCUT2D eigenvalue weighted by atomic mass is 19.1. The van der Waals surface area contributed by atoms with Gasteiger partial charge in [0, 0.05) is 24.4 Å². The molecule has 0 fully saturated rings. The van der Waals surface area contributed by atoms with Crippen molar-refractivity contribution >= 4 is 35.2 Å². The molecule has 0 saturated heterocycles. The molecular formula is C20H19FN2O4. The largest absolute Gasteiger partial charge is 0.449 e. The molecular weight excluding hydrogens is 351 g/mol. The van der Waals surface area contributed by atoms with Gasteiger partial charge in [0.2, 0.25) is 5.91 Å². The van der Waals surface area contributed by atoms with Crippen molar-refractivity contribution < 1.29 is 23.5 Å². The van der Waals surface area contributed by atoms with Crippen LogP contribution in [0.1, 0.15) is 19.4 Å². The molecule has 0 aliphatic carbocycles. The monoisotopic (exact) mass is 370 g/mol. The molecule has 2 aromatic rings. The average molecular weight is 370 g/mol. The van der Waals surface area contributed by atoms with E-state index in [2.05, 4.69) is 10.6 Å². The van der Waals surface area contributed by atoms with E-state index in [-0.39, 0.29) is 11.7 Å². The number of benzene rings is 2. The van der Waals surface area contributed by atoms with Crippen molar-refractivity contribution in [1.29, 1.82) is 0 Å². The second-order valence-electron chi connectivity index (χ2n) is 5.71. The Labute approximate surface area is 156 Å². The van der Waals surface area contributed by atoms with Crippen LogP contribution < -0.4 is 10.6 Å². The first-order chi connectivity index (χ1) is 12.8. The summed E-state index contributed by atoms with van der Waals surface area (Å²) in [6, 6.07) is 12.1. The molecule has 2 aromatic carbocycles.